The van der Waals surface area contributed by atoms with Crippen LogP contribution in [-0.2, 0) is 5.54 Å². The third-order valence-electron chi connectivity index (χ3n) is 2.42. The summed E-state index contributed by atoms with van der Waals surface area (Å²) in [6, 6.07) is 1.68. The average Bonchev–Trinajstić information content (AvgIpc) is 2.60. The number of hydrogen-bond acceptors (Lipinski definition) is 4. The van der Waals surface area contributed by atoms with Crippen LogP contribution < -0.4 is 19.9 Å². The zero-order valence-electron chi connectivity index (χ0n) is 9.46. The van der Waals surface area contributed by atoms with Crippen LogP contribution in [0.1, 0.15) is 19.4 Å². The normalized spacial score (nSPS) is 14.1. The van der Waals surface area contributed by atoms with Gasteiger partial charge < -0.3 is 19.9 Å². The zero-order valence-corrected chi connectivity index (χ0v) is 10.2. The predicted molar refractivity (Wildman–Crippen MR) is 61.3 cm³/mol. The molecular formula is C11H14ClNO3. The van der Waals surface area contributed by atoms with Gasteiger partial charge in [0.1, 0.15) is 5.75 Å². The lowest BCUT2D eigenvalue weighted by molar-refractivity contribution is 0.172. The Morgan fingerprint density at radius 1 is 1.44 bits per heavy atom. The molecule has 1 heterocycles. The maximum atomic E-state index is 6.10. The number of ether oxygens (including phenoxy) is 3. The fourth-order valence-corrected chi connectivity index (χ4v) is 2.05. The Morgan fingerprint density at radius 2 is 2.12 bits per heavy atom. The third kappa shape index (κ3) is 1.68. The summed E-state index contributed by atoms with van der Waals surface area (Å²) in [6.07, 6.45) is 0. The van der Waals surface area contributed by atoms with Crippen LogP contribution in [0.3, 0.4) is 0 Å². The number of hydrogen-bond donors (Lipinski definition) is 1. The average molecular weight is 244 g/mol. The van der Waals surface area contributed by atoms with Crippen molar-refractivity contribution in [1.29, 1.82) is 0 Å². The second-order valence-electron chi connectivity index (χ2n) is 4.22. The maximum absolute atomic E-state index is 6.10. The van der Waals surface area contributed by atoms with Crippen molar-refractivity contribution >= 4 is 11.6 Å². The molecular weight excluding hydrogens is 230 g/mol. The first-order chi connectivity index (χ1) is 7.45. The quantitative estimate of drug-likeness (QED) is 0.866. The van der Waals surface area contributed by atoms with Crippen molar-refractivity contribution in [1.82, 2.24) is 0 Å². The van der Waals surface area contributed by atoms with E-state index in [-0.39, 0.29) is 6.79 Å². The van der Waals surface area contributed by atoms with E-state index in [1.807, 2.05) is 13.8 Å². The van der Waals surface area contributed by atoms with Gasteiger partial charge in [0.25, 0.3) is 0 Å². The first-order valence-corrected chi connectivity index (χ1v) is 5.28. The minimum absolute atomic E-state index is 0.182. The maximum Gasteiger partial charge on any atom is 0.231 e. The van der Waals surface area contributed by atoms with Gasteiger partial charge >= 0.3 is 0 Å². The molecule has 1 aliphatic rings. The summed E-state index contributed by atoms with van der Waals surface area (Å²) >= 11 is 6.10. The SMILES string of the molecule is COc1c(Cl)cc2c(c1C(C)(C)N)OCO2. The van der Waals surface area contributed by atoms with E-state index in [1.54, 1.807) is 13.2 Å². The van der Waals surface area contributed by atoms with Crippen molar-refractivity contribution in [3.8, 4) is 17.2 Å². The second-order valence-corrected chi connectivity index (χ2v) is 4.63. The number of fused-ring (bicyclic) bond motifs is 1. The lowest BCUT2D eigenvalue weighted by Gasteiger charge is -2.24. The molecule has 0 amide bonds. The molecule has 88 valence electrons. The molecule has 1 aliphatic heterocycles. The number of rotatable bonds is 2. The molecule has 5 heteroatoms. The molecule has 0 saturated carbocycles. The highest BCUT2D eigenvalue weighted by Crippen LogP contribution is 2.48. The van der Waals surface area contributed by atoms with E-state index in [4.69, 9.17) is 31.5 Å². The fraction of sp³-hybridized carbons (Fsp3) is 0.455. The van der Waals surface area contributed by atoms with Gasteiger partial charge in [-0.2, -0.15) is 0 Å². The summed E-state index contributed by atoms with van der Waals surface area (Å²) in [4.78, 5) is 0. The van der Waals surface area contributed by atoms with Crippen LogP contribution in [0, 0.1) is 0 Å². The Bertz CT molecular complexity index is 422. The molecule has 0 unspecified atom stereocenters. The minimum atomic E-state index is -0.617. The standard InChI is InChI=1S/C11H14ClNO3/c1-11(2,13)8-9(14-3)6(12)4-7-10(8)16-5-15-7/h4H,5,13H2,1-3H3. The van der Waals surface area contributed by atoms with E-state index >= 15 is 0 Å². The molecule has 0 bridgehead atoms. The van der Waals surface area contributed by atoms with E-state index in [2.05, 4.69) is 0 Å². The Balaban J connectivity index is 2.72. The van der Waals surface area contributed by atoms with Crippen LogP contribution in [0.5, 0.6) is 17.2 Å². The van der Waals surface area contributed by atoms with Crippen LogP contribution in [0.15, 0.2) is 6.07 Å². The topological polar surface area (TPSA) is 53.7 Å². The molecule has 4 nitrogen and oxygen atoms in total. The largest absolute Gasteiger partial charge is 0.495 e. The van der Waals surface area contributed by atoms with E-state index in [1.165, 1.54) is 0 Å². The van der Waals surface area contributed by atoms with Gasteiger partial charge in [-0.05, 0) is 13.8 Å². The van der Waals surface area contributed by atoms with Crippen molar-refractivity contribution in [2.24, 2.45) is 5.73 Å². The number of nitrogens with two attached hydrogens (primary N) is 1. The van der Waals surface area contributed by atoms with E-state index in [0.29, 0.717) is 22.3 Å². The Hall–Kier alpha value is -1.13. The van der Waals surface area contributed by atoms with Gasteiger partial charge in [0.15, 0.2) is 11.5 Å². The van der Waals surface area contributed by atoms with Gasteiger partial charge in [-0.1, -0.05) is 11.6 Å². The first-order valence-electron chi connectivity index (χ1n) is 4.90. The van der Waals surface area contributed by atoms with Crippen molar-refractivity contribution in [2.75, 3.05) is 13.9 Å². The van der Waals surface area contributed by atoms with Gasteiger partial charge in [-0.25, -0.2) is 0 Å². The lowest BCUT2D eigenvalue weighted by atomic mass is 9.93. The Morgan fingerprint density at radius 3 is 2.69 bits per heavy atom. The predicted octanol–water partition coefficient (Wildman–Crippen LogP) is 2.27. The highest BCUT2D eigenvalue weighted by Gasteiger charge is 2.32. The van der Waals surface area contributed by atoms with Gasteiger partial charge in [-0.3, -0.25) is 0 Å². The summed E-state index contributed by atoms with van der Waals surface area (Å²) in [5.74, 6) is 1.77. The van der Waals surface area contributed by atoms with Crippen molar-refractivity contribution in [3.05, 3.63) is 16.7 Å². The van der Waals surface area contributed by atoms with Crippen LogP contribution in [0.2, 0.25) is 5.02 Å². The molecule has 16 heavy (non-hydrogen) atoms. The lowest BCUT2D eigenvalue weighted by Crippen LogP contribution is -2.29. The monoisotopic (exact) mass is 243 g/mol. The molecule has 0 radical (unpaired) electrons. The number of methoxy groups -OCH3 is 1. The molecule has 0 spiro atoms. The molecule has 1 aromatic rings. The van der Waals surface area contributed by atoms with E-state index in [9.17, 15) is 0 Å². The Labute approximate surface area is 99.2 Å². The van der Waals surface area contributed by atoms with Crippen LogP contribution in [0.4, 0.5) is 0 Å². The molecule has 0 fully saturated rings. The van der Waals surface area contributed by atoms with E-state index in [0.717, 1.165) is 5.56 Å². The molecule has 0 saturated heterocycles. The van der Waals surface area contributed by atoms with Crippen LogP contribution >= 0.6 is 11.6 Å². The van der Waals surface area contributed by atoms with E-state index < -0.39 is 5.54 Å². The zero-order chi connectivity index (χ0) is 11.9. The van der Waals surface area contributed by atoms with Gasteiger partial charge in [-0.15, -0.1) is 0 Å². The van der Waals surface area contributed by atoms with Gasteiger partial charge in [0.05, 0.1) is 17.7 Å². The highest BCUT2D eigenvalue weighted by molar-refractivity contribution is 6.32. The number of benzene rings is 1. The molecule has 2 N–H and O–H groups in total. The second kappa shape index (κ2) is 3.71. The molecule has 0 aliphatic carbocycles. The van der Waals surface area contributed by atoms with Gasteiger partial charge in [0, 0.05) is 11.6 Å². The van der Waals surface area contributed by atoms with Crippen molar-refractivity contribution < 1.29 is 14.2 Å². The summed E-state index contributed by atoms with van der Waals surface area (Å²) < 4.78 is 16.0. The molecule has 0 atom stereocenters. The van der Waals surface area contributed by atoms with Gasteiger partial charge in [0.2, 0.25) is 6.79 Å². The highest BCUT2D eigenvalue weighted by atomic mass is 35.5. The molecule has 2 rings (SSSR count). The number of halogens is 1. The van der Waals surface area contributed by atoms with Crippen molar-refractivity contribution in [2.45, 2.75) is 19.4 Å². The van der Waals surface area contributed by atoms with Crippen LogP contribution in [-0.4, -0.2) is 13.9 Å². The summed E-state index contributed by atoms with van der Waals surface area (Å²) in [5.41, 5.74) is 6.22. The molecule has 1 aromatic carbocycles. The summed E-state index contributed by atoms with van der Waals surface area (Å²) in [7, 11) is 1.55. The molecule has 0 aromatic heterocycles. The van der Waals surface area contributed by atoms with Crippen LogP contribution in [0.25, 0.3) is 0 Å². The first kappa shape index (κ1) is 11.4. The third-order valence-corrected chi connectivity index (χ3v) is 2.70. The fourth-order valence-electron chi connectivity index (χ4n) is 1.78. The summed E-state index contributed by atoms with van der Waals surface area (Å²) in [6.45, 7) is 3.91. The Kier molecular flexibility index (Phi) is 2.64. The smallest absolute Gasteiger partial charge is 0.231 e. The van der Waals surface area contributed by atoms with Crippen molar-refractivity contribution in [3.63, 3.8) is 0 Å². The minimum Gasteiger partial charge on any atom is -0.495 e. The summed E-state index contributed by atoms with van der Waals surface area (Å²) in [5, 5.41) is 0.472.